The number of halogens is 2. The first-order chi connectivity index (χ1) is 14.1. The standard InChI is InChI=1S/C20H19ClFN3O3S2/c1-4-30(27,28)25-16-7-13(21)6-15(8-16)24-20(26)18-9-17(12(3)29-18)19-11(2)5-14(22)10-23-19/h5-10,25H,4H2,1-3H3,(H,24,26). The van der Waals surface area contributed by atoms with Gasteiger partial charge in [0.25, 0.3) is 5.91 Å². The molecular weight excluding hydrogens is 449 g/mol. The number of aryl methyl sites for hydroxylation is 2. The molecule has 0 saturated carbocycles. The molecule has 0 spiro atoms. The molecule has 0 aliphatic heterocycles. The van der Waals surface area contributed by atoms with Crippen LogP contribution in [0.5, 0.6) is 0 Å². The SMILES string of the molecule is CCS(=O)(=O)Nc1cc(Cl)cc(NC(=O)c2cc(-c3ncc(F)cc3C)c(C)s2)c1. The zero-order valence-corrected chi connectivity index (χ0v) is 18.8. The summed E-state index contributed by atoms with van der Waals surface area (Å²) in [5.74, 6) is -0.881. The van der Waals surface area contributed by atoms with Gasteiger partial charge in [0.1, 0.15) is 5.82 Å². The van der Waals surface area contributed by atoms with E-state index in [2.05, 4.69) is 15.0 Å². The number of hydrogen-bond donors (Lipinski definition) is 2. The van der Waals surface area contributed by atoms with Crippen LogP contribution < -0.4 is 10.0 Å². The maximum Gasteiger partial charge on any atom is 0.265 e. The molecule has 0 aliphatic rings. The molecule has 0 aliphatic carbocycles. The molecule has 30 heavy (non-hydrogen) atoms. The molecule has 0 saturated heterocycles. The minimum atomic E-state index is -3.48. The van der Waals surface area contributed by atoms with Gasteiger partial charge < -0.3 is 5.32 Å². The van der Waals surface area contributed by atoms with Gasteiger partial charge in [0.2, 0.25) is 10.0 Å². The van der Waals surface area contributed by atoms with E-state index in [1.54, 1.807) is 13.0 Å². The Hall–Kier alpha value is -2.49. The average Bonchev–Trinajstić information content (AvgIpc) is 3.02. The minimum absolute atomic E-state index is 0.0880. The van der Waals surface area contributed by atoms with Crippen LogP contribution in [0, 0.1) is 19.7 Å². The normalized spacial score (nSPS) is 11.4. The zero-order chi connectivity index (χ0) is 22.1. The van der Waals surface area contributed by atoms with Crippen LogP contribution in [0.3, 0.4) is 0 Å². The summed E-state index contributed by atoms with van der Waals surface area (Å²) in [6, 6.07) is 7.57. The molecule has 2 N–H and O–H groups in total. The Morgan fingerprint density at radius 1 is 1.17 bits per heavy atom. The lowest BCUT2D eigenvalue weighted by Gasteiger charge is -2.10. The maximum atomic E-state index is 13.4. The van der Waals surface area contributed by atoms with Crippen molar-refractivity contribution in [2.24, 2.45) is 0 Å². The van der Waals surface area contributed by atoms with Crippen molar-refractivity contribution in [3.63, 3.8) is 0 Å². The quantitative estimate of drug-likeness (QED) is 0.519. The number of carbonyl (C=O) groups is 1. The molecule has 2 heterocycles. The fraction of sp³-hybridized carbons (Fsp3) is 0.200. The van der Waals surface area contributed by atoms with Crippen molar-refractivity contribution < 1.29 is 17.6 Å². The Labute approximate surface area is 183 Å². The van der Waals surface area contributed by atoms with Gasteiger partial charge in [-0.1, -0.05) is 11.6 Å². The van der Waals surface area contributed by atoms with Crippen LogP contribution in [0.2, 0.25) is 5.02 Å². The predicted octanol–water partition coefficient (Wildman–Crippen LogP) is 5.23. The van der Waals surface area contributed by atoms with E-state index >= 15 is 0 Å². The van der Waals surface area contributed by atoms with Gasteiger partial charge in [0.15, 0.2) is 0 Å². The number of anilines is 2. The summed E-state index contributed by atoms with van der Waals surface area (Å²) in [7, 11) is -3.48. The molecule has 6 nitrogen and oxygen atoms in total. The minimum Gasteiger partial charge on any atom is -0.321 e. The fourth-order valence-corrected chi connectivity index (χ4v) is 4.59. The summed E-state index contributed by atoms with van der Waals surface area (Å²) in [6.45, 7) is 5.13. The topological polar surface area (TPSA) is 88.2 Å². The highest BCUT2D eigenvalue weighted by Gasteiger charge is 2.17. The van der Waals surface area contributed by atoms with Crippen molar-refractivity contribution in [2.75, 3.05) is 15.8 Å². The Morgan fingerprint density at radius 3 is 2.53 bits per heavy atom. The summed E-state index contributed by atoms with van der Waals surface area (Å²) in [4.78, 5) is 18.2. The van der Waals surface area contributed by atoms with Crippen LogP contribution >= 0.6 is 22.9 Å². The Morgan fingerprint density at radius 2 is 1.87 bits per heavy atom. The van der Waals surface area contributed by atoms with Crippen LogP contribution in [0.25, 0.3) is 11.3 Å². The molecule has 0 bridgehead atoms. The lowest BCUT2D eigenvalue weighted by molar-refractivity contribution is 0.103. The number of thiophene rings is 1. The Balaban J connectivity index is 1.86. The zero-order valence-electron chi connectivity index (χ0n) is 16.4. The lowest BCUT2D eigenvalue weighted by atomic mass is 10.1. The Kier molecular flexibility index (Phi) is 6.44. The molecule has 0 unspecified atom stereocenters. The number of sulfonamides is 1. The van der Waals surface area contributed by atoms with Crippen LogP contribution in [0.4, 0.5) is 15.8 Å². The molecule has 3 rings (SSSR count). The smallest absolute Gasteiger partial charge is 0.265 e. The number of aromatic nitrogens is 1. The van der Waals surface area contributed by atoms with E-state index in [0.717, 1.165) is 16.6 Å². The third-order valence-electron chi connectivity index (χ3n) is 4.25. The maximum absolute atomic E-state index is 13.4. The van der Waals surface area contributed by atoms with Gasteiger partial charge in [0.05, 0.1) is 28.2 Å². The van der Waals surface area contributed by atoms with Gasteiger partial charge in [-0.15, -0.1) is 11.3 Å². The van der Waals surface area contributed by atoms with Gasteiger partial charge in [-0.3, -0.25) is 14.5 Å². The van der Waals surface area contributed by atoms with E-state index in [4.69, 9.17) is 11.6 Å². The monoisotopic (exact) mass is 467 g/mol. The highest BCUT2D eigenvalue weighted by atomic mass is 35.5. The third-order valence-corrected chi connectivity index (χ3v) is 6.82. The number of hydrogen-bond acceptors (Lipinski definition) is 5. The van der Waals surface area contributed by atoms with E-state index in [9.17, 15) is 17.6 Å². The van der Waals surface area contributed by atoms with Crippen LogP contribution in [0.15, 0.2) is 36.5 Å². The molecule has 10 heteroatoms. The van der Waals surface area contributed by atoms with Gasteiger partial charge >= 0.3 is 0 Å². The lowest BCUT2D eigenvalue weighted by Crippen LogP contribution is -2.15. The first-order valence-electron chi connectivity index (χ1n) is 8.93. The van der Waals surface area contributed by atoms with Gasteiger partial charge in [-0.2, -0.15) is 0 Å². The average molecular weight is 468 g/mol. The van der Waals surface area contributed by atoms with Crippen molar-refractivity contribution in [3.05, 3.63) is 62.7 Å². The summed E-state index contributed by atoms with van der Waals surface area (Å²) in [5.41, 5.74) is 2.65. The largest absolute Gasteiger partial charge is 0.321 e. The van der Waals surface area contributed by atoms with E-state index in [-0.39, 0.29) is 22.4 Å². The first kappa shape index (κ1) is 22.2. The second-order valence-corrected chi connectivity index (χ2v) is 10.3. The van der Waals surface area contributed by atoms with Crippen molar-refractivity contribution in [2.45, 2.75) is 20.8 Å². The number of rotatable bonds is 6. The summed E-state index contributed by atoms with van der Waals surface area (Å²) in [5, 5.41) is 3.00. The van der Waals surface area contributed by atoms with E-state index in [1.807, 2.05) is 6.92 Å². The highest BCUT2D eigenvalue weighted by Crippen LogP contribution is 2.32. The second-order valence-electron chi connectivity index (χ2n) is 6.59. The number of nitrogens with zero attached hydrogens (tertiary/aromatic N) is 1. The molecule has 0 atom stereocenters. The summed E-state index contributed by atoms with van der Waals surface area (Å²) < 4.78 is 39.3. The third kappa shape index (κ3) is 5.16. The van der Waals surface area contributed by atoms with E-state index < -0.39 is 15.8 Å². The number of nitrogens with one attached hydrogen (secondary N) is 2. The molecule has 1 amide bonds. The first-order valence-corrected chi connectivity index (χ1v) is 11.8. The fourth-order valence-electron chi connectivity index (χ4n) is 2.82. The van der Waals surface area contributed by atoms with Gasteiger partial charge in [0, 0.05) is 21.2 Å². The molecule has 0 fully saturated rings. The van der Waals surface area contributed by atoms with Crippen LogP contribution in [-0.2, 0) is 10.0 Å². The summed E-state index contributed by atoms with van der Waals surface area (Å²) >= 11 is 7.35. The van der Waals surface area contributed by atoms with E-state index in [0.29, 0.717) is 21.8 Å². The number of amides is 1. The van der Waals surface area contributed by atoms with E-state index in [1.165, 1.54) is 42.5 Å². The molecule has 2 aromatic heterocycles. The van der Waals surface area contributed by atoms with Crippen molar-refractivity contribution in [3.8, 4) is 11.3 Å². The predicted molar refractivity (Wildman–Crippen MR) is 119 cm³/mol. The van der Waals surface area contributed by atoms with Gasteiger partial charge in [-0.05, 0) is 56.7 Å². The number of benzene rings is 1. The van der Waals surface area contributed by atoms with Crippen molar-refractivity contribution >= 4 is 50.2 Å². The molecule has 3 aromatic rings. The highest BCUT2D eigenvalue weighted by molar-refractivity contribution is 7.92. The van der Waals surface area contributed by atoms with Crippen molar-refractivity contribution in [1.29, 1.82) is 0 Å². The number of carbonyl (C=O) groups excluding carboxylic acids is 1. The van der Waals surface area contributed by atoms with Gasteiger partial charge in [-0.25, -0.2) is 12.8 Å². The Bertz CT molecular complexity index is 1230. The molecule has 158 valence electrons. The van der Waals surface area contributed by atoms with Crippen molar-refractivity contribution in [1.82, 2.24) is 4.98 Å². The number of pyridine rings is 1. The summed E-state index contributed by atoms with van der Waals surface area (Å²) in [6.07, 6.45) is 1.14. The van der Waals surface area contributed by atoms with Crippen LogP contribution in [-0.4, -0.2) is 25.1 Å². The second kappa shape index (κ2) is 8.71. The van der Waals surface area contributed by atoms with Crippen LogP contribution in [0.1, 0.15) is 27.0 Å². The molecule has 1 aromatic carbocycles. The molecular formula is C20H19ClFN3O3S2. The molecule has 0 radical (unpaired) electrons.